The van der Waals surface area contributed by atoms with Crippen molar-refractivity contribution in [1.82, 2.24) is 0 Å². The summed E-state index contributed by atoms with van der Waals surface area (Å²) in [5.41, 5.74) is 0. The van der Waals surface area contributed by atoms with Crippen LogP contribution in [0.15, 0.2) is 0 Å². The molecule has 0 heterocycles. The van der Waals surface area contributed by atoms with Crippen LogP contribution in [0.4, 0.5) is 4.39 Å². The van der Waals surface area contributed by atoms with Crippen molar-refractivity contribution in [2.45, 2.75) is 67.5 Å². The van der Waals surface area contributed by atoms with Crippen molar-refractivity contribution in [3.63, 3.8) is 0 Å². The molecule has 1 aliphatic carbocycles. The molecule has 1 aliphatic rings. The van der Waals surface area contributed by atoms with Gasteiger partial charge in [-0.3, -0.25) is 0 Å². The van der Waals surface area contributed by atoms with E-state index in [4.69, 9.17) is 0 Å². The third kappa shape index (κ3) is 5.62. The molecular formula is C13H29F. The van der Waals surface area contributed by atoms with Crippen LogP contribution in [0.25, 0.3) is 0 Å². The monoisotopic (exact) mass is 204 g/mol. The summed E-state index contributed by atoms with van der Waals surface area (Å²) >= 11 is 0. The van der Waals surface area contributed by atoms with Crippen LogP contribution in [0.3, 0.4) is 0 Å². The Morgan fingerprint density at radius 1 is 1.00 bits per heavy atom. The van der Waals surface area contributed by atoms with E-state index in [2.05, 4.69) is 13.8 Å². The lowest BCUT2D eigenvalue weighted by Crippen LogP contribution is -2.03. The lowest BCUT2D eigenvalue weighted by Gasteiger charge is -2.12. The topological polar surface area (TPSA) is 0 Å². The highest BCUT2D eigenvalue weighted by molar-refractivity contribution is 4.82. The van der Waals surface area contributed by atoms with Gasteiger partial charge in [-0.05, 0) is 30.6 Å². The first-order chi connectivity index (χ1) is 6.61. The third-order valence-corrected chi connectivity index (χ3v) is 2.76. The summed E-state index contributed by atoms with van der Waals surface area (Å²) in [6.07, 6.45) is 1.38. The van der Waals surface area contributed by atoms with Gasteiger partial charge in [-0.25, -0.2) is 4.39 Å². The largest absolute Gasteiger partial charge is 0.247 e. The highest BCUT2D eigenvalue weighted by Crippen LogP contribution is 2.37. The van der Waals surface area contributed by atoms with E-state index in [-0.39, 0.29) is 0 Å². The first-order valence-corrected chi connectivity index (χ1v) is 6.25. The molecule has 0 radical (unpaired) electrons. The molecule has 1 heteroatoms. The van der Waals surface area contributed by atoms with Gasteiger partial charge in [0.1, 0.15) is 6.17 Å². The smallest absolute Gasteiger partial charge is 0.103 e. The van der Waals surface area contributed by atoms with E-state index >= 15 is 0 Å². The van der Waals surface area contributed by atoms with Crippen molar-refractivity contribution >= 4 is 0 Å². The Kier molecular flexibility index (Phi) is 11.1. The fraction of sp³-hybridized carbons (Fsp3) is 1.00. The minimum absolute atomic E-state index is 0.312. The summed E-state index contributed by atoms with van der Waals surface area (Å²) < 4.78 is 12.9. The first kappa shape index (κ1) is 16.4. The molecule has 0 N–H and O–H groups in total. The summed E-state index contributed by atoms with van der Waals surface area (Å²) in [5, 5.41) is 0. The van der Waals surface area contributed by atoms with Gasteiger partial charge in [0, 0.05) is 0 Å². The fourth-order valence-corrected chi connectivity index (χ4v) is 1.79. The Balaban J connectivity index is 0. The van der Waals surface area contributed by atoms with Gasteiger partial charge in [-0.1, -0.05) is 48.5 Å². The Morgan fingerprint density at radius 3 is 1.57 bits per heavy atom. The van der Waals surface area contributed by atoms with Crippen LogP contribution in [0.2, 0.25) is 0 Å². The van der Waals surface area contributed by atoms with Crippen LogP contribution >= 0.6 is 0 Å². The maximum absolute atomic E-state index is 12.9. The number of hydrogen-bond donors (Lipinski definition) is 0. The molecular weight excluding hydrogens is 175 g/mol. The summed E-state index contributed by atoms with van der Waals surface area (Å²) in [6, 6.07) is 0. The molecule has 0 aromatic carbocycles. The molecule has 1 saturated carbocycles. The van der Waals surface area contributed by atoms with E-state index in [9.17, 15) is 4.39 Å². The molecule has 1 rings (SSSR count). The molecule has 0 aliphatic heterocycles. The quantitative estimate of drug-likeness (QED) is 0.559. The predicted octanol–water partition coefficient (Wildman–Crippen LogP) is 5.08. The molecule has 3 atom stereocenters. The second-order valence-electron chi connectivity index (χ2n) is 3.97. The molecule has 0 nitrogen and oxygen atoms in total. The average Bonchev–Trinajstić information content (AvgIpc) is 2.54. The molecule has 0 bridgehead atoms. The molecule has 88 valence electrons. The molecule has 0 aromatic rings. The maximum Gasteiger partial charge on any atom is 0.103 e. The predicted molar refractivity (Wildman–Crippen MR) is 64.3 cm³/mol. The summed E-state index contributed by atoms with van der Waals surface area (Å²) in [4.78, 5) is 0. The average molecular weight is 204 g/mol. The second-order valence-corrected chi connectivity index (χ2v) is 3.97. The van der Waals surface area contributed by atoms with Crippen molar-refractivity contribution in [3.8, 4) is 0 Å². The number of halogens is 1. The Bertz CT molecular complexity index is 99.8. The molecule has 0 spiro atoms. The van der Waals surface area contributed by atoms with E-state index in [0.29, 0.717) is 17.8 Å². The Morgan fingerprint density at radius 2 is 1.43 bits per heavy atom. The van der Waals surface area contributed by atoms with Crippen LogP contribution in [0, 0.1) is 17.8 Å². The number of rotatable bonds is 1. The molecule has 0 saturated heterocycles. The van der Waals surface area contributed by atoms with Gasteiger partial charge in [0.2, 0.25) is 0 Å². The van der Waals surface area contributed by atoms with Crippen LogP contribution in [-0.2, 0) is 0 Å². The van der Waals surface area contributed by atoms with Crippen molar-refractivity contribution in [3.05, 3.63) is 0 Å². The number of hydrogen-bond acceptors (Lipinski definition) is 0. The third-order valence-electron chi connectivity index (χ3n) is 2.76. The SMILES string of the molecule is CC.CC.CC(C)C1CC(C)[C@@H](F)C1. The zero-order chi connectivity index (χ0) is 11.7. The van der Waals surface area contributed by atoms with Gasteiger partial charge >= 0.3 is 0 Å². The molecule has 14 heavy (non-hydrogen) atoms. The molecule has 0 amide bonds. The van der Waals surface area contributed by atoms with E-state index < -0.39 is 6.17 Å². The summed E-state index contributed by atoms with van der Waals surface area (Å²) in [7, 11) is 0. The molecule has 0 aromatic heterocycles. The Hall–Kier alpha value is -0.0700. The number of alkyl halides is 1. The van der Waals surface area contributed by atoms with E-state index in [1.807, 2.05) is 34.6 Å². The Labute approximate surface area is 90.3 Å². The van der Waals surface area contributed by atoms with Gasteiger partial charge in [0.15, 0.2) is 0 Å². The van der Waals surface area contributed by atoms with Crippen molar-refractivity contribution in [2.75, 3.05) is 0 Å². The lowest BCUT2D eigenvalue weighted by atomic mass is 9.94. The van der Waals surface area contributed by atoms with E-state index in [1.165, 1.54) is 0 Å². The van der Waals surface area contributed by atoms with Crippen molar-refractivity contribution < 1.29 is 4.39 Å². The fourth-order valence-electron chi connectivity index (χ4n) is 1.79. The zero-order valence-electron chi connectivity index (χ0n) is 11.1. The molecule has 1 fully saturated rings. The standard InChI is InChI=1S/C9H17F.2C2H6/c1-6(2)8-4-7(3)9(10)5-8;2*1-2/h6-9H,4-5H2,1-3H3;2*1-2H3/t7?,8?,9-;;/m0../s1. The van der Waals surface area contributed by atoms with E-state index in [1.54, 1.807) is 0 Å². The van der Waals surface area contributed by atoms with Crippen LogP contribution in [0.1, 0.15) is 61.3 Å². The minimum Gasteiger partial charge on any atom is -0.247 e. The highest BCUT2D eigenvalue weighted by Gasteiger charge is 2.32. The highest BCUT2D eigenvalue weighted by atomic mass is 19.1. The second kappa shape index (κ2) is 9.48. The van der Waals surface area contributed by atoms with Gasteiger partial charge in [-0.15, -0.1) is 0 Å². The van der Waals surface area contributed by atoms with Gasteiger partial charge in [-0.2, -0.15) is 0 Å². The normalized spacial score (nSPS) is 30.2. The van der Waals surface area contributed by atoms with Crippen LogP contribution in [0.5, 0.6) is 0 Å². The van der Waals surface area contributed by atoms with Gasteiger partial charge in [0.25, 0.3) is 0 Å². The van der Waals surface area contributed by atoms with Crippen LogP contribution < -0.4 is 0 Å². The van der Waals surface area contributed by atoms with Gasteiger partial charge in [0.05, 0.1) is 0 Å². The van der Waals surface area contributed by atoms with E-state index in [0.717, 1.165) is 12.8 Å². The maximum atomic E-state index is 12.9. The van der Waals surface area contributed by atoms with Gasteiger partial charge < -0.3 is 0 Å². The summed E-state index contributed by atoms with van der Waals surface area (Å²) in [6.45, 7) is 14.4. The van der Waals surface area contributed by atoms with Crippen molar-refractivity contribution in [2.24, 2.45) is 17.8 Å². The minimum atomic E-state index is -0.521. The van der Waals surface area contributed by atoms with Crippen LogP contribution in [-0.4, -0.2) is 6.17 Å². The zero-order valence-corrected chi connectivity index (χ0v) is 11.1. The summed E-state index contributed by atoms with van der Waals surface area (Å²) in [5.74, 6) is 1.63. The first-order valence-electron chi connectivity index (χ1n) is 6.25. The van der Waals surface area contributed by atoms with Crippen molar-refractivity contribution in [1.29, 1.82) is 0 Å². The molecule has 2 unspecified atom stereocenters. The lowest BCUT2D eigenvalue weighted by molar-refractivity contribution is 0.272.